The van der Waals surface area contributed by atoms with Crippen molar-refractivity contribution in [3.05, 3.63) is 0 Å². The maximum absolute atomic E-state index is 11.6. The highest BCUT2D eigenvalue weighted by molar-refractivity contribution is 7.99. The molecule has 0 saturated carbocycles. The molecule has 88 valence electrons. The molecule has 0 heterocycles. The van der Waals surface area contributed by atoms with E-state index < -0.39 is 0 Å². The molecule has 0 aromatic rings. The summed E-state index contributed by atoms with van der Waals surface area (Å²) in [5, 5.41) is 11.3. The van der Waals surface area contributed by atoms with Crippen molar-refractivity contribution in [1.82, 2.24) is 4.90 Å². The number of rotatable bonds is 6. The molecule has 0 aliphatic carbocycles. The molecule has 0 aliphatic rings. The van der Waals surface area contributed by atoms with Gasteiger partial charge in [0, 0.05) is 19.0 Å². The minimum atomic E-state index is 0.0863. The predicted molar refractivity (Wildman–Crippen MR) is 63.3 cm³/mol. The number of hydrogen-bond acceptors (Lipinski definition) is 4. The van der Waals surface area contributed by atoms with Gasteiger partial charge in [0.1, 0.15) is 5.84 Å². The zero-order valence-electron chi connectivity index (χ0n) is 9.43. The van der Waals surface area contributed by atoms with Crippen LogP contribution in [0.15, 0.2) is 5.16 Å². The number of hydrogen-bond donors (Lipinski definition) is 2. The molecule has 3 N–H and O–H groups in total. The Morgan fingerprint density at radius 3 is 2.60 bits per heavy atom. The molecule has 0 atom stereocenters. The SMILES string of the molecule is CSCC(=O)N(CCC(N)=NO)C(C)C. The van der Waals surface area contributed by atoms with Crippen molar-refractivity contribution in [2.45, 2.75) is 26.3 Å². The van der Waals surface area contributed by atoms with Crippen molar-refractivity contribution in [1.29, 1.82) is 0 Å². The smallest absolute Gasteiger partial charge is 0.232 e. The molecule has 0 unspecified atom stereocenters. The molecule has 0 spiro atoms. The second-order valence-corrected chi connectivity index (χ2v) is 4.32. The highest BCUT2D eigenvalue weighted by Gasteiger charge is 2.16. The first-order valence-corrected chi connectivity index (χ1v) is 6.17. The van der Waals surface area contributed by atoms with Crippen LogP contribution in [0.5, 0.6) is 0 Å². The average Bonchev–Trinajstić information content (AvgIpc) is 2.17. The lowest BCUT2D eigenvalue weighted by Gasteiger charge is -2.26. The normalized spacial score (nSPS) is 11.9. The molecular formula is C9H19N3O2S. The number of carbonyl (C=O) groups excluding carboxylic acids is 1. The molecule has 1 amide bonds. The molecule has 0 aromatic heterocycles. The van der Waals surface area contributed by atoms with E-state index in [9.17, 15) is 4.79 Å². The lowest BCUT2D eigenvalue weighted by Crippen LogP contribution is -2.40. The zero-order chi connectivity index (χ0) is 11.8. The Morgan fingerprint density at radius 2 is 2.20 bits per heavy atom. The van der Waals surface area contributed by atoms with Crippen molar-refractivity contribution in [3.8, 4) is 0 Å². The summed E-state index contributed by atoms with van der Waals surface area (Å²) in [4.78, 5) is 13.4. The standard InChI is InChI=1S/C9H19N3O2S/c1-7(2)12(9(13)6-15-3)5-4-8(10)11-14/h7,14H,4-6H2,1-3H3,(H2,10,11). The number of amides is 1. The van der Waals surface area contributed by atoms with Gasteiger partial charge in [0.15, 0.2) is 0 Å². The van der Waals surface area contributed by atoms with E-state index in [0.717, 1.165) is 0 Å². The van der Waals surface area contributed by atoms with Gasteiger partial charge in [-0.25, -0.2) is 0 Å². The molecule has 0 rings (SSSR count). The van der Waals surface area contributed by atoms with Crippen LogP contribution in [0, 0.1) is 0 Å². The Morgan fingerprint density at radius 1 is 1.60 bits per heavy atom. The van der Waals surface area contributed by atoms with Crippen LogP contribution in [0.3, 0.4) is 0 Å². The van der Waals surface area contributed by atoms with E-state index in [2.05, 4.69) is 5.16 Å². The molecule has 6 heteroatoms. The fourth-order valence-corrected chi connectivity index (χ4v) is 1.58. The Labute approximate surface area is 94.7 Å². The maximum atomic E-state index is 11.6. The van der Waals surface area contributed by atoms with Crippen molar-refractivity contribution < 1.29 is 10.0 Å². The summed E-state index contributed by atoms with van der Waals surface area (Å²) < 4.78 is 0. The van der Waals surface area contributed by atoms with Crippen molar-refractivity contribution in [2.75, 3.05) is 18.6 Å². The highest BCUT2D eigenvalue weighted by atomic mass is 32.2. The third kappa shape index (κ3) is 5.51. The van der Waals surface area contributed by atoms with E-state index >= 15 is 0 Å². The number of carbonyl (C=O) groups is 1. The van der Waals surface area contributed by atoms with Gasteiger partial charge < -0.3 is 15.8 Å². The number of thioether (sulfide) groups is 1. The van der Waals surface area contributed by atoms with Gasteiger partial charge in [-0.05, 0) is 20.1 Å². The van der Waals surface area contributed by atoms with Crippen LogP contribution in [0.2, 0.25) is 0 Å². The van der Waals surface area contributed by atoms with Crippen molar-refractivity contribution in [2.24, 2.45) is 10.9 Å². The van der Waals surface area contributed by atoms with Gasteiger partial charge in [-0.3, -0.25) is 4.79 Å². The summed E-state index contributed by atoms with van der Waals surface area (Å²) in [5.41, 5.74) is 5.35. The Bertz CT molecular complexity index is 231. The second kappa shape index (κ2) is 7.39. The summed E-state index contributed by atoms with van der Waals surface area (Å²) in [6.45, 7) is 4.39. The Balaban J connectivity index is 4.22. The first kappa shape index (κ1) is 14.1. The van der Waals surface area contributed by atoms with E-state index in [1.165, 1.54) is 11.8 Å². The Hall–Kier alpha value is -0.910. The molecule has 0 fully saturated rings. The van der Waals surface area contributed by atoms with Gasteiger partial charge in [-0.2, -0.15) is 11.8 Å². The van der Waals surface area contributed by atoms with Gasteiger partial charge in [0.2, 0.25) is 5.91 Å². The van der Waals surface area contributed by atoms with Crippen LogP contribution >= 0.6 is 11.8 Å². The fraction of sp³-hybridized carbons (Fsp3) is 0.778. The van der Waals surface area contributed by atoms with Crippen LogP contribution in [-0.4, -0.2) is 46.4 Å². The lowest BCUT2D eigenvalue weighted by molar-refractivity contribution is -0.129. The van der Waals surface area contributed by atoms with E-state index in [4.69, 9.17) is 10.9 Å². The monoisotopic (exact) mass is 233 g/mol. The summed E-state index contributed by atoms with van der Waals surface area (Å²) >= 11 is 1.49. The zero-order valence-corrected chi connectivity index (χ0v) is 10.3. The molecule has 5 nitrogen and oxygen atoms in total. The molecule has 15 heavy (non-hydrogen) atoms. The van der Waals surface area contributed by atoms with Crippen molar-refractivity contribution in [3.63, 3.8) is 0 Å². The van der Waals surface area contributed by atoms with Crippen LogP contribution in [-0.2, 0) is 4.79 Å². The maximum Gasteiger partial charge on any atom is 0.232 e. The Kier molecular flexibility index (Phi) is 6.94. The van der Waals surface area contributed by atoms with Crippen LogP contribution in [0.25, 0.3) is 0 Å². The van der Waals surface area contributed by atoms with Crippen molar-refractivity contribution >= 4 is 23.5 Å². The van der Waals surface area contributed by atoms with E-state index in [-0.39, 0.29) is 17.8 Å². The van der Waals surface area contributed by atoms with Gasteiger partial charge in [-0.1, -0.05) is 5.16 Å². The summed E-state index contributed by atoms with van der Waals surface area (Å²) in [5.74, 6) is 0.704. The molecule has 0 bridgehead atoms. The summed E-state index contributed by atoms with van der Waals surface area (Å²) in [7, 11) is 0. The first-order valence-electron chi connectivity index (χ1n) is 4.77. The van der Waals surface area contributed by atoms with Gasteiger partial charge in [0.25, 0.3) is 0 Å². The number of nitrogens with two attached hydrogens (primary N) is 1. The van der Waals surface area contributed by atoms with Crippen LogP contribution in [0.4, 0.5) is 0 Å². The highest BCUT2D eigenvalue weighted by Crippen LogP contribution is 2.04. The molecule has 0 saturated heterocycles. The topological polar surface area (TPSA) is 78.9 Å². The molecule has 0 aromatic carbocycles. The second-order valence-electron chi connectivity index (χ2n) is 3.46. The van der Waals surface area contributed by atoms with Gasteiger partial charge in [-0.15, -0.1) is 0 Å². The van der Waals surface area contributed by atoms with E-state index in [1.54, 1.807) is 4.90 Å². The molecular weight excluding hydrogens is 214 g/mol. The summed E-state index contributed by atoms with van der Waals surface area (Å²) in [6.07, 6.45) is 2.29. The van der Waals surface area contributed by atoms with E-state index in [0.29, 0.717) is 18.7 Å². The lowest BCUT2D eigenvalue weighted by atomic mass is 10.2. The average molecular weight is 233 g/mol. The minimum Gasteiger partial charge on any atom is -0.409 e. The predicted octanol–water partition coefficient (Wildman–Crippen LogP) is 0.723. The van der Waals surface area contributed by atoms with Crippen LogP contribution < -0.4 is 5.73 Å². The van der Waals surface area contributed by atoms with Crippen LogP contribution in [0.1, 0.15) is 20.3 Å². The third-order valence-electron chi connectivity index (χ3n) is 1.95. The first-order chi connectivity index (χ1) is 7.02. The quantitative estimate of drug-likeness (QED) is 0.307. The number of amidine groups is 1. The number of oxime groups is 1. The van der Waals surface area contributed by atoms with Gasteiger partial charge in [0.05, 0.1) is 5.75 Å². The molecule has 0 aliphatic heterocycles. The summed E-state index contributed by atoms with van der Waals surface area (Å²) in [6, 6.07) is 0.135. The number of nitrogens with zero attached hydrogens (tertiary/aromatic N) is 2. The minimum absolute atomic E-state index is 0.0863. The molecule has 0 radical (unpaired) electrons. The fourth-order valence-electron chi connectivity index (χ4n) is 1.16. The van der Waals surface area contributed by atoms with Gasteiger partial charge >= 0.3 is 0 Å². The van der Waals surface area contributed by atoms with E-state index in [1.807, 2.05) is 20.1 Å². The largest absolute Gasteiger partial charge is 0.409 e. The third-order valence-corrected chi connectivity index (χ3v) is 2.48.